The average molecular weight is 281 g/mol. The lowest BCUT2D eigenvalue weighted by atomic mass is 10.1. The molecule has 0 bridgehead atoms. The summed E-state index contributed by atoms with van der Waals surface area (Å²) in [6.07, 6.45) is 0.521. The van der Waals surface area contributed by atoms with Crippen molar-refractivity contribution < 1.29 is 10.2 Å². The van der Waals surface area contributed by atoms with Crippen LogP contribution in [0, 0.1) is 11.8 Å². The minimum atomic E-state index is -0.670. The molecule has 2 N–H and O–H groups in total. The van der Waals surface area contributed by atoms with E-state index in [1.807, 2.05) is 19.9 Å². The molecule has 1 heterocycles. The molecule has 1 rings (SSSR count). The predicted molar refractivity (Wildman–Crippen MR) is 80.1 cm³/mol. The van der Waals surface area contributed by atoms with E-state index in [-0.39, 0.29) is 6.61 Å². The maximum absolute atomic E-state index is 9.86. The highest BCUT2D eigenvalue weighted by atomic mass is 32.1. The number of hydrogen-bond donors (Lipinski definition) is 2. The summed E-state index contributed by atoms with van der Waals surface area (Å²) in [4.78, 5) is 4.50. The van der Waals surface area contributed by atoms with E-state index in [1.165, 1.54) is 4.88 Å². The summed E-state index contributed by atoms with van der Waals surface area (Å²) in [6.45, 7) is 8.28. The highest BCUT2D eigenvalue weighted by molar-refractivity contribution is 7.12. The lowest BCUT2D eigenvalue weighted by molar-refractivity contribution is 0.0356. The number of aliphatic hydroxyl groups excluding tert-OH is 1. The van der Waals surface area contributed by atoms with E-state index in [1.54, 1.807) is 11.3 Å². The van der Waals surface area contributed by atoms with Crippen LogP contribution in [0.4, 0.5) is 0 Å². The van der Waals surface area contributed by atoms with Gasteiger partial charge in [-0.25, -0.2) is 0 Å². The van der Waals surface area contributed by atoms with Gasteiger partial charge in [0.05, 0.1) is 17.1 Å². The van der Waals surface area contributed by atoms with Crippen molar-refractivity contribution in [2.45, 2.75) is 39.3 Å². The molecule has 0 aliphatic rings. The Balaban J connectivity index is 2.59. The quantitative estimate of drug-likeness (QED) is 0.785. The highest BCUT2D eigenvalue weighted by Crippen LogP contribution is 2.18. The van der Waals surface area contributed by atoms with Crippen molar-refractivity contribution in [1.82, 2.24) is 4.90 Å². The summed E-state index contributed by atoms with van der Waals surface area (Å²) < 4.78 is 0. The first-order valence-corrected chi connectivity index (χ1v) is 7.39. The second-order valence-corrected chi connectivity index (χ2v) is 6.33. The van der Waals surface area contributed by atoms with Gasteiger partial charge in [0.2, 0.25) is 0 Å². The van der Waals surface area contributed by atoms with Crippen molar-refractivity contribution in [2.24, 2.45) is 0 Å². The van der Waals surface area contributed by atoms with Gasteiger partial charge in [0.1, 0.15) is 0 Å². The molecule has 0 fully saturated rings. The van der Waals surface area contributed by atoms with Gasteiger partial charge < -0.3 is 10.2 Å². The number of aliphatic hydroxyl groups is 2. The molecule has 0 aliphatic carbocycles. The van der Waals surface area contributed by atoms with Crippen LogP contribution in [-0.2, 0) is 6.54 Å². The summed E-state index contributed by atoms with van der Waals surface area (Å²) in [5.41, 5.74) is -0.670. The number of hydrogen-bond acceptors (Lipinski definition) is 4. The van der Waals surface area contributed by atoms with Crippen molar-refractivity contribution in [1.29, 1.82) is 0 Å². The van der Waals surface area contributed by atoms with E-state index in [2.05, 4.69) is 29.7 Å². The normalized spacial score (nSPS) is 11.5. The van der Waals surface area contributed by atoms with E-state index >= 15 is 0 Å². The monoisotopic (exact) mass is 281 g/mol. The van der Waals surface area contributed by atoms with Crippen LogP contribution in [0.5, 0.6) is 0 Å². The molecule has 0 amide bonds. The number of likely N-dealkylation sites (N-methyl/N-ethyl adjacent to an activating group) is 1. The summed E-state index contributed by atoms with van der Waals surface area (Å²) in [5.74, 6) is 5.97. The molecule has 4 heteroatoms. The van der Waals surface area contributed by atoms with Crippen LogP contribution in [0.15, 0.2) is 12.1 Å². The van der Waals surface area contributed by atoms with Gasteiger partial charge in [-0.15, -0.1) is 11.3 Å². The maximum atomic E-state index is 9.86. The van der Waals surface area contributed by atoms with Crippen molar-refractivity contribution in [3.8, 4) is 11.8 Å². The van der Waals surface area contributed by atoms with Crippen molar-refractivity contribution >= 4 is 11.3 Å². The molecule has 0 atom stereocenters. The fraction of sp³-hybridized carbons (Fsp3) is 0.600. The summed E-state index contributed by atoms with van der Waals surface area (Å²) >= 11 is 1.67. The minimum Gasteiger partial charge on any atom is -0.395 e. The van der Waals surface area contributed by atoms with Gasteiger partial charge in [-0.3, -0.25) is 4.90 Å². The van der Waals surface area contributed by atoms with E-state index < -0.39 is 5.60 Å². The zero-order valence-electron chi connectivity index (χ0n) is 11.9. The van der Waals surface area contributed by atoms with Crippen molar-refractivity contribution in [2.75, 3.05) is 19.7 Å². The maximum Gasteiger partial charge on any atom is 0.0771 e. The Kier molecular flexibility index (Phi) is 6.53. The molecule has 106 valence electrons. The molecular formula is C15H23NO2S. The highest BCUT2D eigenvalue weighted by Gasteiger charge is 2.17. The summed E-state index contributed by atoms with van der Waals surface area (Å²) in [7, 11) is 0. The summed E-state index contributed by atoms with van der Waals surface area (Å²) in [5, 5.41) is 18.5. The second-order valence-electron chi connectivity index (χ2n) is 5.16. The Morgan fingerprint density at radius 3 is 2.68 bits per heavy atom. The molecule has 0 aromatic carbocycles. The molecule has 0 unspecified atom stereocenters. The van der Waals surface area contributed by atoms with Gasteiger partial charge >= 0.3 is 0 Å². The largest absolute Gasteiger partial charge is 0.395 e. The lowest BCUT2D eigenvalue weighted by Gasteiger charge is -2.27. The first-order valence-electron chi connectivity index (χ1n) is 6.58. The van der Waals surface area contributed by atoms with E-state index in [0.717, 1.165) is 18.0 Å². The Hall–Kier alpha value is -0.860. The van der Waals surface area contributed by atoms with E-state index in [9.17, 15) is 5.11 Å². The Labute approximate surface area is 119 Å². The van der Waals surface area contributed by atoms with Crippen LogP contribution >= 0.6 is 11.3 Å². The smallest absolute Gasteiger partial charge is 0.0771 e. The van der Waals surface area contributed by atoms with Crippen molar-refractivity contribution in [3.05, 3.63) is 21.9 Å². The number of thiophene rings is 1. The minimum absolute atomic E-state index is 0.112. The molecule has 1 aromatic rings. The van der Waals surface area contributed by atoms with Crippen LogP contribution in [0.3, 0.4) is 0 Å². The molecule has 0 aliphatic heterocycles. The Morgan fingerprint density at radius 1 is 1.37 bits per heavy atom. The van der Waals surface area contributed by atoms with Crippen LogP contribution in [0.2, 0.25) is 0 Å². The van der Waals surface area contributed by atoms with Gasteiger partial charge in [-0.2, -0.15) is 0 Å². The van der Waals surface area contributed by atoms with Crippen LogP contribution < -0.4 is 0 Å². The second kappa shape index (κ2) is 7.66. The first kappa shape index (κ1) is 16.2. The lowest BCUT2D eigenvalue weighted by Crippen LogP contribution is -2.37. The molecule has 1 aromatic heterocycles. The van der Waals surface area contributed by atoms with E-state index in [0.29, 0.717) is 13.0 Å². The zero-order chi connectivity index (χ0) is 14.3. The molecule has 0 radical (unpaired) electrons. The van der Waals surface area contributed by atoms with Crippen LogP contribution in [0.1, 0.15) is 36.9 Å². The topological polar surface area (TPSA) is 43.7 Å². The fourth-order valence-electron chi connectivity index (χ4n) is 1.78. The van der Waals surface area contributed by atoms with Gasteiger partial charge in [0.15, 0.2) is 0 Å². The third kappa shape index (κ3) is 6.74. The number of rotatable bonds is 6. The number of nitrogens with zero attached hydrogens (tertiary/aromatic N) is 1. The zero-order valence-corrected chi connectivity index (χ0v) is 12.8. The molecule has 0 spiro atoms. The van der Waals surface area contributed by atoms with Crippen molar-refractivity contribution in [3.63, 3.8) is 0 Å². The third-order valence-corrected chi connectivity index (χ3v) is 3.53. The van der Waals surface area contributed by atoms with Gasteiger partial charge in [0.25, 0.3) is 0 Å². The molecular weight excluding hydrogens is 258 g/mol. The fourth-order valence-corrected chi connectivity index (χ4v) is 2.71. The van der Waals surface area contributed by atoms with Crippen LogP contribution in [0.25, 0.3) is 0 Å². The van der Waals surface area contributed by atoms with E-state index in [4.69, 9.17) is 5.11 Å². The van der Waals surface area contributed by atoms with Gasteiger partial charge in [-0.1, -0.05) is 18.8 Å². The molecule has 0 saturated heterocycles. The molecule has 3 nitrogen and oxygen atoms in total. The molecule has 19 heavy (non-hydrogen) atoms. The standard InChI is InChI=1S/C15H23NO2S/c1-4-16(12-15(2,3)18)11-14-9-8-13(19-14)7-5-6-10-17/h8-9,17-18H,4,6,10-12H2,1-3H3. The predicted octanol–water partition coefficient (Wildman–Crippen LogP) is 2.07. The molecule has 0 saturated carbocycles. The van der Waals surface area contributed by atoms with Gasteiger partial charge in [-0.05, 0) is 32.5 Å². The Bertz CT molecular complexity index is 437. The van der Waals surface area contributed by atoms with Gasteiger partial charge in [0, 0.05) is 24.4 Å². The first-order chi connectivity index (χ1) is 8.94. The Morgan fingerprint density at radius 2 is 2.11 bits per heavy atom. The average Bonchev–Trinajstić information content (AvgIpc) is 2.74. The summed E-state index contributed by atoms with van der Waals surface area (Å²) in [6, 6.07) is 4.10. The van der Waals surface area contributed by atoms with Crippen LogP contribution in [-0.4, -0.2) is 40.4 Å². The SMILES string of the molecule is CCN(Cc1ccc(C#CCCO)s1)CC(C)(C)O. The third-order valence-electron chi connectivity index (χ3n) is 2.55.